The molecule has 0 saturated heterocycles. The van der Waals surface area contributed by atoms with Crippen LogP contribution < -0.4 is 20.9 Å². The summed E-state index contributed by atoms with van der Waals surface area (Å²) < 4.78 is 5.09. The number of nitrogens with one attached hydrogen (secondary N) is 3. The Kier molecular flexibility index (Phi) is 7.13. The van der Waals surface area contributed by atoms with Gasteiger partial charge in [0.2, 0.25) is 11.8 Å². The molecule has 0 aromatic heterocycles. The highest BCUT2D eigenvalue weighted by atomic mass is 32.1. The molecule has 0 radical (unpaired) electrons. The summed E-state index contributed by atoms with van der Waals surface area (Å²) in [4.78, 5) is 24.2. The second kappa shape index (κ2) is 10.2. The molecule has 3 aromatic rings. The lowest BCUT2D eigenvalue weighted by atomic mass is 10.0. The number of benzene rings is 3. The highest BCUT2D eigenvalue weighted by molar-refractivity contribution is 7.80. The molecule has 3 aromatic carbocycles. The summed E-state index contributed by atoms with van der Waals surface area (Å²) in [6, 6.07) is 20.9. The smallest absolute Gasteiger partial charge is 0.250 e. The lowest BCUT2D eigenvalue weighted by Gasteiger charge is -2.11. The van der Waals surface area contributed by atoms with Crippen LogP contribution in [-0.4, -0.2) is 24.0 Å². The topological polar surface area (TPSA) is 79.5 Å². The summed E-state index contributed by atoms with van der Waals surface area (Å²) >= 11 is 5.05. The summed E-state index contributed by atoms with van der Waals surface area (Å²) in [7, 11) is 1.59. The van der Waals surface area contributed by atoms with Crippen LogP contribution in [0.2, 0.25) is 0 Å². The van der Waals surface area contributed by atoms with E-state index in [2.05, 4.69) is 16.2 Å². The Morgan fingerprint density at radius 1 is 0.967 bits per heavy atom. The normalized spacial score (nSPS) is 10.6. The molecular weight excluding hydrogens is 398 g/mol. The van der Waals surface area contributed by atoms with E-state index in [0.29, 0.717) is 0 Å². The molecule has 3 rings (SSSR count). The fourth-order valence-corrected chi connectivity index (χ4v) is 3.01. The number of carbonyl (C=O) groups is 2. The van der Waals surface area contributed by atoms with Gasteiger partial charge in [-0.05, 0) is 52.3 Å². The fraction of sp³-hybridized carbons (Fsp3) is 0.0870. The van der Waals surface area contributed by atoms with Gasteiger partial charge in [-0.2, -0.15) is 0 Å². The zero-order valence-electron chi connectivity index (χ0n) is 16.3. The van der Waals surface area contributed by atoms with E-state index in [1.165, 1.54) is 6.08 Å². The number of methoxy groups -OCH3 is 1. The molecule has 0 aliphatic rings. The number of carbonyl (C=O) groups excluding carboxylic acids is 2. The SMILES string of the molecule is COc1ccc(/C=C/C(=O)NC(=S)NNC(=O)Cc2cccc3ccccc23)cc1. The van der Waals surface area contributed by atoms with Crippen molar-refractivity contribution in [2.75, 3.05) is 7.11 Å². The molecule has 0 fully saturated rings. The van der Waals surface area contributed by atoms with Gasteiger partial charge in [-0.3, -0.25) is 25.8 Å². The van der Waals surface area contributed by atoms with Crippen LogP contribution in [0.4, 0.5) is 0 Å². The number of fused-ring (bicyclic) bond motifs is 1. The molecule has 0 bridgehead atoms. The lowest BCUT2D eigenvalue weighted by molar-refractivity contribution is -0.121. The van der Waals surface area contributed by atoms with Crippen molar-refractivity contribution in [1.29, 1.82) is 0 Å². The molecule has 0 unspecified atom stereocenters. The Labute approximate surface area is 179 Å². The summed E-state index contributed by atoms with van der Waals surface area (Å²) in [5.74, 6) is 0.0598. The molecular formula is C23H21N3O3S. The maximum atomic E-state index is 12.2. The number of rotatable bonds is 5. The molecule has 7 heteroatoms. The minimum Gasteiger partial charge on any atom is -0.497 e. The zero-order valence-corrected chi connectivity index (χ0v) is 17.2. The van der Waals surface area contributed by atoms with Gasteiger partial charge >= 0.3 is 0 Å². The van der Waals surface area contributed by atoms with Crippen LogP contribution in [0, 0.1) is 0 Å². The molecule has 0 atom stereocenters. The standard InChI is InChI=1S/C23H21N3O3S/c1-29-19-12-9-16(10-13-19)11-14-21(27)24-23(30)26-25-22(28)15-18-7-4-6-17-5-2-3-8-20(17)18/h2-14H,15H2,1H3,(H,25,28)(H2,24,26,27,30)/b14-11+. The first-order valence-corrected chi connectivity index (χ1v) is 9.64. The Morgan fingerprint density at radius 2 is 1.70 bits per heavy atom. The van der Waals surface area contributed by atoms with Gasteiger partial charge in [0.25, 0.3) is 0 Å². The van der Waals surface area contributed by atoms with Crippen molar-refractivity contribution in [3.05, 3.63) is 83.9 Å². The van der Waals surface area contributed by atoms with Gasteiger partial charge < -0.3 is 4.74 Å². The van der Waals surface area contributed by atoms with Gasteiger partial charge in [-0.25, -0.2) is 0 Å². The highest BCUT2D eigenvalue weighted by Crippen LogP contribution is 2.18. The molecule has 0 heterocycles. The van der Waals surface area contributed by atoms with Gasteiger partial charge in [0.05, 0.1) is 13.5 Å². The van der Waals surface area contributed by atoms with Crippen LogP contribution in [-0.2, 0) is 16.0 Å². The van der Waals surface area contributed by atoms with Crippen molar-refractivity contribution >= 4 is 46.0 Å². The van der Waals surface area contributed by atoms with Gasteiger partial charge in [0.15, 0.2) is 5.11 Å². The molecule has 6 nitrogen and oxygen atoms in total. The van der Waals surface area contributed by atoms with Crippen molar-refractivity contribution in [1.82, 2.24) is 16.2 Å². The van der Waals surface area contributed by atoms with E-state index in [1.54, 1.807) is 25.3 Å². The van der Waals surface area contributed by atoms with Gasteiger partial charge in [0, 0.05) is 6.08 Å². The largest absolute Gasteiger partial charge is 0.497 e. The third-order valence-electron chi connectivity index (χ3n) is 4.33. The number of hydrazine groups is 1. The molecule has 3 N–H and O–H groups in total. The van der Waals surface area contributed by atoms with Crippen molar-refractivity contribution < 1.29 is 14.3 Å². The van der Waals surface area contributed by atoms with Gasteiger partial charge in [-0.15, -0.1) is 0 Å². The second-order valence-electron chi connectivity index (χ2n) is 6.41. The summed E-state index contributed by atoms with van der Waals surface area (Å²) in [5.41, 5.74) is 6.80. The molecule has 0 aliphatic heterocycles. The first kappa shape index (κ1) is 21.0. The van der Waals surface area contributed by atoms with E-state index in [4.69, 9.17) is 17.0 Å². The maximum absolute atomic E-state index is 12.2. The average molecular weight is 420 g/mol. The zero-order chi connectivity index (χ0) is 21.3. The van der Waals surface area contributed by atoms with E-state index >= 15 is 0 Å². The number of ether oxygens (including phenoxy) is 1. The Bertz CT molecular complexity index is 1090. The first-order chi connectivity index (χ1) is 14.5. The van der Waals surface area contributed by atoms with Crippen LogP contribution in [0.15, 0.2) is 72.8 Å². The van der Waals surface area contributed by atoms with Crippen molar-refractivity contribution in [2.45, 2.75) is 6.42 Å². The first-order valence-electron chi connectivity index (χ1n) is 9.24. The summed E-state index contributed by atoms with van der Waals surface area (Å²) in [5, 5.41) is 4.58. The van der Waals surface area contributed by atoms with Crippen LogP contribution >= 0.6 is 12.2 Å². The van der Waals surface area contributed by atoms with E-state index in [-0.39, 0.29) is 17.4 Å². The summed E-state index contributed by atoms with van der Waals surface area (Å²) in [6.07, 6.45) is 3.19. The maximum Gasteiger partial charge on any atom is 0.250 e. The van der Waals surface area contributed by atoms with Crippen LogP contribution in [0.3, 0.4) is 0 Å². The van der Waals surface area contributed by atoms with Gasteiger partial charge in [0.1, 0.15) is 5.75 Å². The van der Waals surface area contributed by atoms with E-state index in [1.807, 2.05) is 54.6 Å². The summed E-state index contributed by atoms with van der Waals surface area (Å²) in [6.45, 7) is 0. The Hall–Kier alpha value is -3.71. The van der Waals surface area contributed by atoms with E-state index in [0.717, 1.165) is 27.6 Å². The minimum absolute atomic E-state index is 0.00523. The Morgan fingerprint density at radius 3 is 2.47 bits per heavy atom. The molecule has 30 heavy (non-hydrogen) atoms. The number of hydrogen-bond donors (Lipinski definition) is 3. The third-order valence-corrected chi connectivity index (χ3v) is 4.53. The van der Waals surface area contributed by atoms with Crippen LogP contribution in [0.25, 0.3) is 16.8 Å². The number of hydrogen-bond acceptors (Lipinski definition) is 4. The monoisotopic (exact) mass is 419 g/mol. The highest BCUT2D eigenvalue weighted by Gasteiger charge is 2.08. The van der Waals surface area contributed by atoms with Crippen molar-refractivity contribution in [2.24, 2.45) is 0 Å². The predicted molar refractivity (Wildman–Crippen MR) is 122 cm³/mol. The van der Waals surface area contributed by atoms with Crippen molar-refractivity contribution in [3.8, 4) is 5.75 Å². The van der Waals surface area contributed by atoms with E-state index < -0.39 is 5.91 Å². The minimum atomic E-state index is -0.411. The molecule has 0 saturated carbocycles. The quantitative estimate of drug-likeness (QED) is 0.336. The second-order valence-corrected chi connectivity index (χ2v) is 6.82. The number of thiocarbonyl (C=S) groups is 1. The van der Waals surface area contributed by atoms with Crippen molar-refractivity contribution in [3.63, 3.8) is 0 Å². The lowest BCUT2D eigenvalue weighted by Crippen LogP contribution is -2.48. The molecule has 2 amide bonds. The van der Waals surface area contributed by atoms with Crippen LogP contribution in [0.5, 0.6) is 5.75 Å². The average Bonchev–Trinajstić information content (AvgIpc) is 2.77. The molecule has 0 aliphatic carbocycles. The third kappa shape index (κ3) is 5.89. The van der Waals surface area contributed by atoms with Gasteiger partial charge in [-0.1, -0.05) is 54.6 Å². The molecule has 152 valence electrons. The number of amides is 2. The predicted octanol–water partition coefficient (Wildman–Crippen LogP) is 3.13. The fourth-order valence-electron chi connectivity index (χ4n) is 2.86. The Balaban J connectivity index is 1.47. The van der Waals surface area contributed by atoms with Crippen LogP contribution in [0.1, 0.15) is 11.1 Å². The molecule has 0 spiro atoms. The van der Waals surface area contributed by atoms with E-state index in [9.17, 15) is 9.59 Å².